The van der Waals surface area contributed by atoms with Crippen molar-refractivity contribution in [1.29, 1.82) is 0 Å². The maximum atomic E-state index is 12.3. The number of allylic oxidation sites excluding steroid dienone is 4. The molecule has 0 saturated carbocycles. The highest BCUT2D eigenvalue weighted by molar-refractivity contribution is 7.85. The van der Waals surface area contributed by atoms with Gasteiger partial charge in [-0.1, -0.05) is 44.5 Å². The Morgan fingerprint density at radius 2 is 1.62 bits per heavy atom. The van der Waals surface area contributed by atoms with Crippen LogP contribution >= 0.6 is 0 Å². The summed E-state index contributed by atoms with van der Waals surface area (Å²) in [4.78, 5) is 38.9. The summed E-state index contributed by atoms with van der Waals surface area (Å²) in [5, 5.41) is 2.80. The van der Waals surface area contributed by atoms with E-state index in [0.29, 0.717) is 6.42 Å². The van der Waals surface area contributed by atoms with Gasteiger partial charge in [0.2, 0.25) is 11.6 Å². The van der Waals surface area contributed by atoms with Crippen LogP contribution in [0.25, 0.3) is 0 Å². The van der Waals surface area contributed by atoms with Gasteiger partial charge >= 0.3 is 0 Å². The standard InChI is InChI=1S/C36H42N4O6S/c1-35(2)26-12-8-9-13-29(26)39(22-10-6-7-16-32(41)37-21-23-40-33(42)19-20-34(40)43)31(35)15-11-14-30-36(3,4)27-24-25(47(44,45)46)17-18-28(27)38(30)5/h8-9,11-15,17-20,24H,6-7,10,16,21-23H2,1-5H3,(H-,37,41,44,45,46). The van der Waals surface area contributed by atoms with Gasteiger partial charge < -0.3 is 14.8 Å². The first-order chi connectivity index (χ1) is 22.1. The molecule has 3 aliphatic rings. The van der Waals surface area contributed by atoms with Crippen LogP contribution in [0.1, 0.15) is 64.5 Å². The zero-order chi connectivity index (χ0) is 34.1. The second-order valence-corrected chi connectivity index (χ2v) is 14.6. The lowest BCUT2D eigenvalue weighted by atomic mass is 9.81. The highest BCUT2D eigenvalue weighted by Gasteiger charge is 2.43. The van der Waals surface area contributed by atoms with Crippen molar-refractivity contribution in [3.8, 4) is 0 Å². The number of benzene rings is 2. The molecule has 3 amide bonds. The second kappa shape index (κ2) is 13.0. The molecular weight excluding hydrogens is 616 g/mol. The van der Waals surface area contributed by atoms with E-state index in [1.165, 1.54) is 35.5 Å². The monoisotopic (exact) mass is 658 g/mol. The number of unbranched alkanes of at least 4 members (excludes halogenated alkanes) is 2. The number of hydrogen-bond donors (Lipinski definition) is 1. The molecule has 2 aromatic rings. The van der Waals surface area contributed by atoms with E-state index in [9.17, 15) is 27.4 Å². The first kappa shape index (κ1) is 34.0. The van der Waals surface area contributed by atoms with E-state index >= 15 is 0 Å². The Morgan fingerprint density at radius 1 is 0.915 bits per heavy atom. The van der Waals surface area contributed by atoms with Gasteiger partial charge in [-0.2, -0.15) is 4.58 Å². The molecule has 3 heterocycles. The summed E-state index contributed by atoms with van der Waals surface area (Å²) in [6.07, 6.45) is 11.6. The Morgan fingerprint density at radius 3 is 2.32 bits per heavy atom. The van der Waals surface area contributed by atoms with Crippen LogP contribution in [0.5, 0.6) is 0 Å². The van der Waals surface area contributed by atoms with Gasteiger partial charge in [-0.05, 0) is 56.5 Å². The summed E-state index contributed by atoms with van der Waals surface area (Å²) < 4.78 is 37.2. The fourth-order valence-corrected chi connectivity index (χ4v) is 7.36. The fraction of sp³-hybridized carbons (Fsp3) is 0.389. The SMILES string of the molecule is C[N+]1=C(C=CC=C2N(CCCCCC(=O)NCCN3C(=O)C=CC3=O)c3ccccc3C2(C)C)C(C)(C)c2cc(S(=O)(=O)[O-])ccc21. The lowest BCUT2D eigenvalue weighted by Gasteiger charge is -2.27. The fourth-order valence-electron chi connectivity index (χ4n) is 6.86. The van der Waals surface area contributed by atoms with Crippen LogP contribution in [0.4, 0.5) is 11.4 Å². The first-order valence-electron chi connectivity index (χ1n) is 15.9. The predicted molar refractivity (Wildman–Crippen MR) is 180 cm³/mol. The summed E-state index contributed by atoms with van der Waals surface area (Å²) in [7, 11) is -2.62. The van der Waals surface area contributed by atoms with E-state index in [0.717, 1.165) is 53.4 Å². The van der Waals surface area contributed by atoms with E-state index in [1.54, 1.807) is 6.07 Å². The predicted octanol–water partition coefficient (Wildman–Crippen LogP) is 4.44. The van der Waals surface area contributed by atoms with Crippen LogP contribution in [0.2, 0.25) is 0 Å². The summed E-state index contributed by atoms with van der Waals surface area (Å²) >= 11 is 0. The molecule has 0 aromatic heterocycles. The Labute approximate surface area is 276 Å². The zero-order valence-corrected chi connectivity index (χ0v) is 28.4. The van der Waals surface area contributed by atoms with Crippen LogP contribution in [-0.2, 0) is 35.3 Å². The van der Waals surface area contributed by atoms with Gasteiger partial charge in [0, 0.05) is 72.7 Å². The molecule has 2 aromatic carbocycles. The molecule has 10 nitrogen and oxygen atoms in total. The number of hydrogen-bond acceptors (Lipinski definition) is 7. The average Bonchev–Trinajstić information content (AvgIpc) is 3.52. The van der Waals surface area contributed by atoms with Gasteiger partial charge in [0.15, 0.2) is 5.71 Å². The Balaban J connectivity index is 1.23. The summed E-state index contributed by atoms with van der Waals surface area (Å²) in [5.41, 5.74) is 5.46. The van der Waals surface area contributed by atoms with Crippen LogP contribution in [0.3, 0.4) is 0 Å². The Hall–Kier alpha value is -4.35. The number of rotatable bonds is 12. The largest absolute Gasteiger partial charge is 0.744 e. The van der Waals surface area contributed by atoms with Gasteiger partial charge in [0.05, 0.1) is 10.3 Å². The second-order valence-electron chi connectivity index (χ2n) is 13.2. The average molecular weight is 659 g/mol. The molecule has 0 spiro atoms. The first-order valence-corrected chi connectivity index (χ1v) is 17.3. The maximum absolute atomic E-state index is 12.3. The molecule has 0 fully saturated rings. The molecule has 0 aliphatic carbocycles. The van der Waals surface area contributed by atoms with Crippen molar-refractivity contribution in [2.75, 3.05) is 31.6 Å². The zero-order valence-electron chi connectivity index (χ0n) is 27.6. The molecule has 1 N–H and O–H groups in total. The van der Waals surface area contributed by atoms with Crippen molar-refractivity contribution in [1.82, 2.24) is 10.2 Å². The number of anilines is 1. The number of fused-ring (bicyclic) bond motifs is 2. The minimum Gasteiger partial charge on any atom is -0.744 e. The summed E-state index contributed by atoms with van der Waals surface area (Å²) in [6, 6.07) is 13.0. The lowest BCUT2D eigenvalue weighted by Crippen LogP contribution is -2.38. The molecule has 0 bridgehead atoms. The van der Waals surface area contributed by atoms with Gasteiger partial charge in [-0.25, -0.2) is 8.42 Å². The van der Waals surface area contributed by atoms with E-state index in [4.69, 9.17) is 0 Å². The van der Waals surface area contributed by atoms with Gasteiger partial charge in [-0.15, -0.1) is 0 Å². The highest BCUT2D eigenvalue weighted by atomic mass is 32.2. The van der Waals surface area contributed by atoms with Crippen molar-refractivity contribution in [3.05, 3.63) is 89.7 Å². The third-order valence-electron chi connectivity index (χ3n) is 9.44. The number of imide groups is 1. The van der Waals surface area contributed by atoms with Crippen molar-refractivity contribution in [2.45, 2.75) is 69.1 Å². The van der Waals surface area contributed by atoms with Crippen molar-refractivity contribution in [3.63, 3.8) is 0 Å². The summed E-state index contributed by atoms with van der Waals surface area (Å²) in [5.74, 6) is -0.803. The molecule has 0 saturated heterocycles. The molecule has 0 unspecified atom stereocenters. The van der Waals surface area contributed by atoms with Gasteiger partial charge in [-0.3, -0.25) is 19.3 Å². The highest BCUT2D eigenvalue weighted by Crippen LogP contribution is 2.48. The molecule has 3 aliphatic heterocycles. The normalized spacial score (nSPS) is 19.0. The van der Waals surface area contributed by atoms with Crippen LogP contribution in [-0.4, -0.2) is 72.6 Å². The third kappa shape index (κ3) is 6.73. The topological polar surface area (TPSA) is 130 Å². The Bertz CT molecular complexity index is 1830. The van der Waals surface area contributed by atoms with Crippen molar-refractivity contribution >= 4 is 44.9 Å². The van der Waals surface area contributed by atoms with Crippen molar-refractivity contribution in [2.24, 2.45) is 0 Å². The number of nitrogens with zero attached hydrogens (tertiary/aromatic N) is 3. The molecule has 248 valence electrons. The van der Waals surface area contributed by atoms with Crippen molar-refractivity contribution < 1.29 is 31.9 Å². The van der Waals surface area contributed by atoms with E-state index in [1.807, 2.05) is 37.6 Å². The van der Waals surface area contributed by atoms with E-state index < -0.39 is 15.5 Å². The van der Waals surface area contributed by atoms with Crippen LogP contribution in [0, 0.1) is 0 Å². The number of amides is 3. The lowest BCUT2D eigenvalue weighted by molar-refractivity contribution is -0.401. The number of nitrogens with one attached hydrogen (secondary N) is 1. The molecule has 0 radical (unpaired) electrons. The van der Waals surface area contributed by atoms with E-state index in [-0.39, 0.29) is 41.1 Å². The number of para-hydroxylation sites is 1. The Kier molecular flexibility index (Phi) is 9.43. The minimum absolute atomic E-state index is 0.0965. The van der Waals surface area contributed by atoms with Crippen LogP contribution < -0.4 is 10.2 Å². The molecule has 5 rings (SSSR count). The maximum Gasteiger partial charge on any atom is 0.253 e. The smallest absolute Gasteiger partial charge is 0.253 e. The molecule has 0 atom stereocenters. The third-order valence-corrected chi connectivity index (χ3v) is 10.3. The number of carbonyl (C=O) groups is 3. The minimum atomic E-state index is -4.56. The summed E-state index contributed by atoms with van der Waals surface area (Å²) in [6.45, 7) is 9.67. The molecule has 11 heteroatoms. The number of carbonyl (C=O) groups excluding carboxylic acids is 3. The van der Waals surface area contributed by atoms with Gasteiger partial charge in [0.1, 0.15) is 17.2 Å². The quantitative estimate of drug-likeness (QED) is 0.155. The van der Waals surface area contributed by atoms with E-state index in [2.05, 4.69) is 54.4 Å². The van der Waals surface area contributed by atoms with Gasteiger partial charge in [0.25, 0.3) is 11.8 Å². The van der Waals surface area contributed by atoms with Crippen LogP contribution in [0.15, 0.2) is 83.4 Å². The molecule has 47 heavy (non-hydrogen) atoms. The molecular formula is C36H42N4O6S.